The van der Waals surface area contributed by atoms with Gasteiger partial charge < -0.3 is 13.7 Å². The summed E-state index contributed by atoms with van der Waals surface area (Å²) in [7, 11) is 12.0. The molecule has 11 nitrogen and oxygen atoms in total. The zero-order valence-corrected chi connectivity index (χ0v) is 43.3. The maximum Gasteiger partial charge on any atom is 0.113 e. The minimum absolute atomic E-state index is 0.165. The van der Waals surface area contributed by atoms with Gasteiger partial charge in [-0.3, -0.25) is 14.0 Å². The molecule has 0 bridgehead atoms. The highest BCUT2D eigenvalue weighted by Crippen LogP contribution is 2.25. The van der Waals surface area contributed by atoms with E-state index in [0.29, 0.717) is 0 Å². The van der Waals surface area contributed by atoms with Crippen molar-refractivity contribution in [3.63, 3.8) is 0 Å². The van der Waals surface area contributed by atoms with Gasteiger partial charge in [0.05, 0.1) is 30.1 Å². The predicted octanol–water partition coefficient (Wildman–Crippen LogP) is 11.2. The van der Waals surface area contributed by atoms with Crippen LogP contribution in [0.15, 0.2) is 74.1 Å². The van der Waals surface area contributed by atoms with E-state index in [-0.39, 0.29) is 32.5 Å². The minimum atomic E-state index is 0.165. The number of hydrogen-bond acceptors (Lipinski definition) is 5. The summed E-state index contributed by atoms with van der Waals surface area (Å²) in [4.78, 5) is 8.50. The molecule has 11 heteroatoms. The molecule has 0 saturated heterocycles. The smallest absolute Gasteiger partial charge is 0.113 e. The van der Waals surface area contributed by atoms with Gasteiger partial charge in [-0.25, -0.2) is 9.97 Å². The summed E-state index contributed by atoms with van der Waals surface area (Å²) in [6.45, 7) is 41.4. The summed E-state index contributed by atoms with van der Waals surface area (Å²) in [6, 6.07) is 6.31. The molecule has 6 rings (SSSR count). The molecule has 6 aromatic heterocycles. The zero-order chi connectivity index (χ0) is 47.5. The third-order valence-electron chi connectivity index (χ3n) is 9.56. The van der Waals surface area contributed by atoms with Crippen LogP contribution in [0.1, 0.15) is 164 Å². The fraction of sp³-hybridized carbons (Fsp3) is 0.620. The summed E-state index contributed by atoms with van der Waals surface area (Å²) in [5.74, 6) is 1.13. The first-order valence-electron chi connectivity index (χ1n) is 21.5. The first kappa shape index (κ1) is 54.3. The van der Waals surface area contributed by atoms with E-state index < -0.39 is 0 Å². The summed E-state index contributed by atoms with van der Waals surface area (Å²) < 4.78 is 11.8. The van der Waals surface area contributed by atoms with E-state index in [4.69, 9.17) is 0 Å². The van der Waals surface area contributed by atoms with E-state index in [1.54, 1.807) is 0 Å². The van der Waals surface area contributed by atoms with Crippen molar-refractivity contribution in [2.24, 2.45) is 42.3 Å². The Labute approximate surface area is 372 Å². The van der Waals surface area contributed by atoms with E-state index in [9.17, 15) is 0 Å². The molecule has 6 aromatic rings. The monoisotopic (exact) mass is 842 g/mol. The van der Waals surface area contributed by atoms with Crippen LogP contribution in [-0.4, -0.2) is 53.0 Å². The fourth-order valence-electron chi connectivity index (χ4n) is 6.38. The standard InChI is InChI=1S/C9H16N2.C9H15N.4C8H14N2/c1-7-6-10-11(5)8(7)9(2,3)4;1-9(2,3)8-6-5-7-10(8)4;1-8(2,3)7-5-10(4)6-9-7;1-8(2,3)7-5-9-10(4)6-7;1-8(2,3)7-9-5-6-10(7)4;1-8(2,3)7-5-6-10(4)9-7/h6H,1-5H3;5-7H,1-4H3;4*5-6H,1-4H3. The van der Waals surface area contributed by atoms with E-state index >= 15 is 0 Å². The Bertz CT molecular complexity index is 1940. The van der Waals surface area contributed by atoms with Gasteiger partial charge in [-0.1, -0.05) is 125 Å². The Kier molecular flexibility index (Phi) is 19.1. The van der Waals surface area contributed by atoms with Crippen LogP contribution in [-0.2, 0) is 74.8 Å². The first-order chi connectivity index (χ1) is 27.5. The molecular weight excluding hydrogens is 755 g/mol. The molecule has 0 radical (unpaired) electrons. The molecule has 0 amide bonds. The second-order valence-corrected chi connectivity index (χ2v) is 22.4. The SMILES string of the molecule is Cc1cnn(C)c1C(C)(C)C.Cn1cc(C(C)(C)C)cn1.Cn1ccc(C(C)(C)C)n1.Cn1cccc1C(C)(C)C.Cn1ccnc1C(C)(C)C.Cn1cnc(C(C)(C)C)c1. The predicted molar refractivity (Wildman–Crippen MR) is 258 cm³/mol. The van der Waals surface area contributed by atoms with Gasteiger partial charge in [-0.2, -0.15) is 15.3 Å². The van der Waals surface area contributed by atoms with Crippen molar-refractivity contribution in [1.29, 1.82) is 0 Å². The molecule has 61 heavy (non-hydrogen) atoms. The van der Waals surface area contributed by atoms with E-state index in [2.05, 4.69) is 210 Å². The Balaban J connectivity index is 0.000000366. The molecule has 0 aromatic carbocycles. The number of aryl methyl sites for hydroxylation is 7. The normalized spacial score (nSPS) is 12.0. The molecular formula is C50H87N11. The summed E-state index contributed by atoms with van der Waals surface area (Å²) >= 11 is 0. The van der Waals surface area contributed by atoms with Crippen LogP contribution < -0.4 is 0 Å². The molecule has 0 aliphatic carbocycles. The number of rotatable bonds is 0. The first-order valence-corrected chi connectivity index (χ1v) is 21.5. The molecule has 0 N–H and O–H groups in total. The van der Waals surface area contributed by atoms with Crippen LogP contribution in [0.3, 0.4) is 0 Å². The van der Waals surface area contributed by atoms with Crippen molar-refractivity contribution in [1.82, 2.24) is 53.0 Å². The molecule has 342 valence electrons. The van der Waals surface area contributed by atoms with Crippen molar-refractivity contribution in [2.75, 3.05) is 0 Å². The number of hydrogen-bond donors (Lipinski definition) is 0. The van der Waals surface area contributed by atoms with Crippen LogP contribution in [0, 0.1) is 6.92 Å². The number of imidazole rings is 2. The maximum atomic E-state index is 4.30. The van der Waals surface area contributed by atoms with Crippen molar-refractivity contribution >= 4 is 0 Å². The lowest BCUT2D eigenvalue weighted by atomic mass is 9.90. The van der Waals surface area contributed by atoms with Crippen LogP contribution in [0.25, 0.3) is 0 Å². The average molecular weight is 842 g/mol. The van der Waals surface area contributed by atoms with Gasteiger partial charge in [0.1, 0.15) is 5.82 Å². The van der Waals surface area contributed by atoms with Gasteiger partial charge in [-0.15, -0.1) is 0 Å². The highest BCUT2D eigenvalue weighted by Gasteiger charge is 2.21. The largest absolute Gasteiger partial charge is 0.354 e. The molecule has 0 saturated carbocycles. The van der Waals surface area contributed by atoms with E-state index in [1.807, 2.05) is 91.2 Å². The van der Waals surface area contributed by atoms with Gasteiger partial charge in [0, 0.05) is 118 Å². The summed E-state index contributed by atoms with van der Waals surface area (Å²) in [6.07, 6.45) is 17.6. The van der Waals surface area contributed by atoms with Crippen LogP contribution in [0.4, 0.5) is 0 Å². The van der Waals surface area contributed by atoms with Gasteiger partial charge in [0.15, 0.2) is 0 Å². The minimum Gasteiger partial charge on any atom is -0.354 e. The second-order valence-electron chi connectivity index (χ2n) is 22.4. The second kappa shape index (κ2) is 21.4. The highest BCUT2D eigenvalue weighted by atomic mass is 15.3. The Morgan fingerprint density at radius 2 is 1.07 bits per heavy atom. The van der Waals surface area contributed by atoms with Gasteiger partial charge in [0.2, 0.25) is 0 Å². The van der Waals surface area contributed by atoms with E-state index in [0.717, 1.165) is 17.2 Å². The van der Waals surface area contributed by atoms with Gasteiger partial charge in [-0.05, 0) is 41.7 Å². The molecule has 0 unspecified atom stereocenters. The highest BCUT2D eigenvalue weighted by molar-refractivity contribution is 5.23. The van der Waals surface area contributed by atoms with Gasteiger partial charge >= 0.3 is 0 Å². The zero-order valence-electron chi connectivity index (χ0n) is 43.3. The quantitative estimate of drug-likeness (QED) is 0.152. The average Bonchev–Trinajstić information content (AvgIpc) is 3.91. The van der Waals surface area contributed by atoms with Crippen molar-refractivity contribution in [3.8, 4) is 0 Å². The third kappa shape index (κ3) is 18.9. The lowest BCUT2D eigenvalue weighted by Gasteiger charge is -2.19. The maximum absolute atomic E-state index is 4.30. The summed E-state index contributed by atoms with van der Waals surface area (Å²) in [5, 5.41) is 12.6. The molecule has 0 aliphatic heterocycles. The van der Waals surface area contributed by atoms with Crippen LogP contribution in [0.5, 0.6) is 0 Å². The van der Waals surface area contributed by atoms with Crippen LogP contribution >= 0.6 is 0 Å². The Morgan fingerprint density at radius 1 is 0.492 bits per heavy atom. The lowest BCUT2D eigenvalue weighted by molar-refractivity contribution is 0.520. The van der Waals surface area contributed by atoms with Gasteiger partial charge in [0.25, 0.3) is 0 Å². The molecule has 0 spiro atoms. The third-order valence-corrected chi connectivity index (χ3v) is 9.56. The molecule has 0 fully saturated rings. The molecule has 0 atom stereocenters. The van der Waals surface area contributed by atoms with Crippen LogP contribution in [0.2, 0.25) is 0 Å². The summed E-state index contributed by atoms with van der Waals surface area (Å²) in [5.41, 5.74) is 8.80. The Morgan fingerprint density at radius 3 is 1.26 bits per heavy atom. The molecule has 0 aliphatic rings. The van der Waals surface area contributed by atoms with Crippen molar-refractivity contribution in [2.45, 2.75) is 164 Å². The van der Waals surface area contributed by atoms with Crippen molar-refractivity contribution < 1.29 is 0 Å². The lowest BCUT2D eigenvalue weighted by Crippen LogP contribution is -2.17. The number of aromatic nitrogens is 11. The van der Waals surface area contributed by atoms with Crippen molar-refractivity contribution in [3.05, 3.63) is 114 Å². The Hall–Kier alpha value is -4.67. The topological polar surface area (TPSA) is 94.0 Å². The number of nitrogens with zero attached hydrogens (tertiary/aromatic N) is 11. The molecule has 6 heterocycles. The fourth-order valence-corrected chi connectivity index (χ4v) is 6.38. The van der Waals surface area contributed by atoms with E-state index in [1.165, 1.54) is 22.5 Å².